The van der Waals surface area contributed by atoms with Gasteiger partial charge in [0.1, 0.15) is 0 Å². The van der Waals surface area contributed by atoms with Crippen LogP contribution in [0.4, 0.5) is 0 Å². The molecule has 1 nitrogen and oxygen atoms in total. The van der Waals surface area contributed by atoms with E-state index in [1.54, 1.807) is 0 Å². The van der Waals surface area contributed by atoms with Crippen molar-refractivity contribution in [3.8, 4) is 0 Å². The Morgan fingerprint density at radius 3 is 2.32 bits per heavy atom. The second kappa shape index (κ2) is 3.82. The molecule has 2 fully saturated rings. The fraction of sp³-hybridized carbons (Fsp3) is 0.500. The van der Waals surface area contributed by atoms with Gasteiger partial charge >= 0.3 is 0 Å². The molecule has 2 aliphatic carbocycles. The Balaban J connectivity index is 2.04. The summed E-state index contributed by atoms with van der Waals surface area (Å²) >= 11 is 0. The maximum absolute atomic E-state index is 12.7. The summed E-state index contributed by atoms with van der Waals surface area (Å²) in [6.07, 6.45) is 4.33. The maximum Gasteiger partial charge on any atom is 0.165 e. The van der Waals surface area contributed by atoms with Crippen molar-refractivity contribution in [3.05, 3.63) is 41.0 Å². The van der Waals surface area contributed by atoms with E-state index in [1.165, 1.54) is 5.56 Å². The summed E-state index contributed by atoms with van der Waals surface area (Å²) in [4.78, 5) is 12.7. The molecular weight excluding hydrogens is 232 g/mol. The number of hydrogen-bond donors (Lipinski definition) is 0. The first-order chi connectivity index (χ1) is 8.86. The van der Waals surface area contributed by atoms with E-state index in [1.807, 2.05) is 0 Å². The van der Waals surface area contributed by atoms with Crippen LogP contribution in [0.1, 0.15) is 44.7 Å². The van der Waals surface area contributed by atoms with Gasteiger partial charge in [-0.3, -0.25) is 4.79 Å². The predicted molar refractivity (Wildman–Crippen MR) is 78.8 cm³/mol. The highest BCUT2D eigenvalue weighted by Crippen LogP contribution is 2.65. The van der Waals surface area contributed by atoms with Crippen molar-refractivity contribution >= 4 is 11.9 Å². The van der Waals surface area contributed by atoms with Crippen molar-refractivity contribution in [2.45, 2.75) is 40.5 Å². The normalized spacial score (nSPS) is 34.2. The van der Waals surface area contributed by atoms with Crippen molar-refractivity contribution in [1.29, 1.82) is 0 Å². The largest absolute Gasteiger partial charge is 0.294 e. The highest BCUT2D eigenvalue weighted by molar-refractivity contribution is 6.07. The third-order valence-electron chi connectivity index (χ3n) is 5.76. The molecule has 100 valence electrons. The molecule has 0 radical (unpaired) electrons. The average Bonchev–Trinajstić information content (AvgIpc) is 2.66. The van der Waals surface area contributed by atoms with Gasteiger partial charge in [-0.05, 0) is 48.3 Å². The quantitative estimate of drug-likeness (QED) is 0.679. The van der Waals surface area contributed by atoms with Crippen LogP contribution < -0.4 is 0 Å². The second-order valence-electron chi connectivity index (χ2n) is 6.98. The van der Waals surface area contributed by atoms with Gasteiger partial charge in [-0.2, -0.15) is 0 Å². The number of Topliss-reactive ketones (excluding diaryl/α,β-unsaturated/α-hetero) is 1. The van der Waals surface area contributed by atoms with E-state index in [-0.39, 0.29) is 10.8 Å². The molecule has 0 aromatic heterocycles. The van der Waals surface area contributed by atoms with Crippen LogP contribution in [0.25, 0.3) is 6.08 Å². The Hall–Kier alpha value is -1.37. The van der Waals surface area contributed by atoms with Crippen molar-refractivity contribution in [1.82, 2.24) is 0 Å². The van der Waals surface area contributed by atoms with E-state index < -0.39 is 0 Å². The number of benzene rings is 1. The number of carbonyl (C=O) groups excluding carboxylic acids is 1. The van der Waals surface area contributed by atoms with E-state index in [9.17, 15) is 4.79 Å². The summed E-state index contributed by atoms with van der Waals surface area (Å²) in [5.41, 5.74) is 3.44. The molecule has 0 aliphatic heterocycles. The smallest absolute Gasteiger partial charge is 0.165 e. The van der Waals surface area contributed by atoms with Crippen LogP contribution in [0.2, 0.25) is 0 Å². The third-order valence-corrected chi connectivity index (χ3v) is 5.76. The molecular formula is C18H22O. The van der Waals surface area contributed by atoms with Crippen LogP contribution in [0.3, 0.4) is 0 Å². The Morgan fingerprint density at radius 1 is 1.16 bits per heavy atom. The first-order valence-corrected chi connectivity index (χ1v) is 7.19. The van der Waals surface area contributed by atoms with Gasteiger partial charge in [0.25, 0.3) is 0 Å². The minimum Gasteiger partial charge on any atom is -0.294 e. The SMILES string of the molecule is Cc1ccc(/C=C2\C(=O)C3(C)CCC2C3(C)C)cc1. The molecule has 19 heavy (non-hydrogen) atoms. The zero-order valence-electron chi connectivity index (χ0n) is 12.3. The van der Waals surface area contributed by atoms with Crippen molar-refractivity contribution < 1.29 is 4.79 Å². The monoisotopic (exact) mass is 254 g/mol. The van der Waals surface area contributed by atoms with Gasteiger partial charge in [0, 0.05) is 5.41 Å². The Kier molecular flexibility index (Phi) is 2.54. The minimum atomic E-state index is -0.145. The molecule has 0 heterocycles. The first-order valence-electron chi connectivity index (χ1n) is 7.19. The van der Waals surface area contributed by atoms with E-state index in [0.29, 0.717) is 11.7 Å². The summed E-state index contributed by atoms with van der Waals surface area (Å²) < 4.78 is 0. The van der Waals surface area contributed by atoms with Gasteiger partial charge < -0.3 is 0 Å². The summed E-state index contributed by atoms with van der Waals surface area (Å²) in [7, 11) is 0. The summed E-state index contributed by atoms with van der Waals surface area (Å²) in [5, 5.41) is 0. The van der Waals surface area contributed by atoms with Gasteiger partial charge in [-0.15, -0.1) is 0 Å². The number of fused-ring (bicyclic) bond motifs is 2. The number of ketones is 1. The average molecular weight is 254 g/mol. The Labute approximate surface area is 115 Å². The molecule has 0 saturated heterocycles. The lowest BCUT2D eigenvalue weighted by Crippen LogP contribution is -2.32. The molecule has 0 spiro atoms. The van der Waals surface area contributed by atoms with E-state index >= 15 is 0 Å². The first kappa shape index (κ1) is 12.7. The van der Waals surface area contributed by atoms with Crippen LogP contribution in [-0.4, -0.2) is 5.78 Å². The van der Waals surface area contributed by atoms with Gasteiger partial charge in [0.15, 0.2) is 5.78 Å². The molecule has 2 saturated carbocycles. The summed E-state index contributed by atoms with van der Waals surface area (Å²) in [5.74, 6) is 0.820. The lowest BCUT2D eigenvalue weighted by molar-refractivity contribution is -0.125. The van der Waals surface area contributed by atoms with Crippen LogP contribution in [0.15, 0.2) is 29.8 Å². The summed E-state index contributed by atoms with van der Waals surface area (Å²) in [6.45, 7) is 8.77. The molecule has 1 heteroatoms. The lowest BCUT2D eigenvalue weighted by Gasteiger charge is -2.31. The van der Waals surface area contributed by atoms with E-state index in [4.69, 9.17) is 0 Å². The van der Waals surface area contributed by atoms with Gasteiger partial charge in [-0.25, -0.2) is 0 Å². The topological polar surface area (TPSA) is 17.1 Å². The fourth-order valence-corrected chi connectivity index (χ4v) is 3.94. The highest BCUT2D eigenvalue weighted by Gasteiger charge is 2.63. The number of rotatable bonds is 1. The van der Waals surface area contributed by atoms with Crippen LogP contribution >= 0.6 is 0 Å². The molecule has 2 unspecified atom stereocenters. The lowest BCUT2D eigenvalue weighted by atomic mass is 9.70. The highest BCUT2D eigenvalue weighted by atomic mass is 16.1. The Morgan fingerprint density at radius 2 is 1.79 bits per heavy atom. The van der Waals surface area contributed by atoms with Crippen molar-refractivity contribution in [2.75, 3.05) is 0 Å². The Bertz CT molecular complexity index is 562. The van der Waals surface area contributed by atoms with E-state index in [0.717, 1.165) is 24.0 Å². The molecule has 3 rings (SSSR count). The predicted octanol–water partition coefficient (Wildman–Crippen LogP) is 4.40. The zero-order chi connectivity index (χ0) is 13.8. The second-order valence-corrected chi connectivity index (χ2v) is 6.98. The molecule has 1 aromatic carbocycles. The van der Waals surface area contributed by atoms with Crippen LogP contribution in [-0.2, 0) is 4.79 Å². The molecule has 0 N–H and O–H groups in total. The molecule has 2 aliphatic rings. The number of aryl methyl sites for hydroxylation is 1. The molecule has 0 amide bonds. The fourth-order valence-electron chi connectivity index (χ4n) is 3.94. The maximum atomic E-state index is 12.7. The standard InChI is InChI=1S/C18H22O/c1-12-5-7-13(8-6-12)11-14-15-9-10-18(4,16(14)19)17(15,2)3/h5-8,11,15H,9-10H2,1-4H3/b14-11-. The number of hydrogen-bond acceptors (Lipinski definition) is 1. The molecule has 2 bridgehead atoms. The number of carbonyl (C=O) groups is 1. The zero-order valence-corrected chi connectivity index (χ0v) is 12.3. The summed E-state index contributed by atoms with van der Waals surface area (Å²) in [6, 6.07) is 8.43. The van der Waals surface area contributed by atoms with Crippen molar-refractivity contribution in [3.63, 3.8) is 0 Å². The van der Waals surface area contributed by atoms with Gasteiger partial charge in [-0.1, -0.05) is 50.6 Å². The molecule has 1 aromatic rings. The van der Waals surface area contributed by atoms with Gasteiger partial charge in [0.2, 0.25) is 0 Å². The molecule has 2 atom stereocenters. The van der Waals surface area contributed by atoms with Crippen LogP contribution in [0, 0.1) is 23.7 Å². The number of allylic oxidation sites excluding steroid dienone is 1. The van der Waals surface area contributed by atoms with Crippen LogP contribution in [0.5, 0.6) is 0 Å². The minimum absolute atomic E-state index is 0.112. The third kappa shape index (κ3) is 1.57. The van der Waals surface area contributed by atoms with Crippen molar-refractivity contribution in [2.24, 2.45) is 16.7 Å². The van der Waals surface area contributed by atoms with E-state index in [2.05, 4.69) is 58.0 Å². The van der Waals surface area contributed by atoms with Gasteiger partial charge in [0.05, 0.1) is 0 Å².